The SMILES string of the molecule is Cc1cccc(C2CCCN2C(=O)C2CCNCC2)c1C.Cl. The summed E-state index contributed by atoms with van der Waals surface area (Å²) in [6.07, 6.45) is 4.24. The summed E-state index contributed by atoms with van der Waals surface area (Å²) < 4.78 is 0. The molecule has 2 heterocycles. The minimum Gasteiger partial charge on any atom is -0.335 e. The molecule has 1 aromatic carbocycles. The summed E-state index contributed by atoms with van der Waals surface area (Å²) >= 11 is 0. The first-order valence-corrected chi connectivity index (χ1v) is 8.26. The molecule has 122 valence electrons. The van der Waals surface area contributed by atoms with Crippen LogP contribution in [0.3, 0.4) is 0 Å². The van der Waals surface area contributed by atoms with Crippen molar-refractivity contribution < 1.29 is 4.79 Å². The first-order chi connectivity index (χ1) is 10.2. The van der Waals surface area contributed by atoms with Crippen LogP contribution in [-0.2, 0) is 4.79 Å². The quantitative estimate of drug-likeness (QED) is 0.905. The van der Waals surface area contributed by atoms with E-state index in [1.54, 1.807) is 0 Å². The van der Waals surface area contributed by atoms with Gasteiger partial charge in [0.1, 0.15) is 0 Å². The van der Waals surface area contributed by atoms with Gasteiger partial charge in [0.25, 0.3) is 0 Å². The van der Waals surface area contributed by atoms with Crippen LogP contribution in [-0.4, -0.2) is 30.4 Å². The van der Waals surface area contributed by atoms with Crippen LogP contribution >= 0.6 is 12.4 Å². The fourth-order valence-electron chi connectivity index (χ4n) is 3.79. The third kappa shape index (κ3) is 3.31. The van der Waals surface area contributed by atoms with E-state index in [0.29, 0.717) is 11.9 Å². The van der Waals surface area contributed by atoms with Crippen molar-refractivity contribution in [1.82, 2.24) is 10.2 Å². The monoisotopic (exact) mass is 322 g/mol. The molecule has 3 nitrogen and oxygen atoms in total. The highest BCUT2D eigenvalue weighted by Gasteiger charge is 2.34. The van der Waals surface area contributed by atoms with Crippen molar-refractivity contribution in [3.63, 3.8) is 0 Å². The van der Waals surface area contributed by atoms with Crippen LogP contribution in [0.4, 0.5) is 0 Å². The lowest BCUT2D eigenvalue weighted by atomic mass is 9.93. The maximum absolute atomic E-state index is 12.9. The smallest absolute Gasteiger partial charge is 0.226 e. The van der Waals surface area contributed by atoms with Crippen molar-refractivity contribution in [3.05, 3.63) is 34.9 Å². The van der Waals surface area contributed by atoms with Gasteiger partial charge in [0.15, 0.2) is 0 Å². The van der Waals surface area contributed by atoms with Gasteiger partial charge in [-0.3, -0.25) is 4.79 Å². The number of benzene rings is 1. The van der Waals surface area contributed by atoms with Crippen molar-refractivity contribution in [2.75, 3.05) is 19.6 Å². The van der Waals surface area contributed by atoms with Crippen molar-refractivity contribution in [2.45, 2.75) is 45.6 Å². The number of likely N-dealkylation sites (tertiary alicyclic amines) is 1. The van der Waals surface area contributed by atoms with Crippen LogP contribution in [0.2, 0.25) is 0 Å². The van der Waals surface area contributed by atoms with Crippen LogP contribution in [0.25, 0.3) is 0 Å². The Labute approximate surface area is 139 Å². The molecule has 4 heteroatoms. The fourth-order valence-corrected chi connectivity index (χ4v) is 3.79. The highest BCUT2D eigenvalue weighted by atomic mass is 35.5. The van der Waals surface area contributed by atoms with E-state index in [0.717, 1.165) is 45.3 Å². The molecular formula is C18H27ClN2O. The average molecular weight is 323 g/mol. The van der Waals surface area contributed by atoms with E-state index in [4.69, 9.17) is 0 Å². The Morgan fingerprint density at radius 3 is 2.64 bits per heavy atom. The van der Waals surface area contributed by atoms with E-state index in [1.165, 1.54) is 16.7 Å². The number of rotatable bonds is 2. The molecule has 0 saturated carbocycles. The zero-order valence-electron chi connectivity index (χ0n) is 13.6. The Bertz CT molecular complexity index is 526. The maximum atomic E-state index is 12.9. The molecule has 1 amide bonds. The zero-order valence-corrected chi connectivity index (χ0v) is 14.4. The van der Waals surface area contributed by atoms with Gasteiger partial charge >= 0.3 is 0 Å². The van der Waals surface area contributed by atoms with Gasteiger partial charge in [-0.1, -0.05) is 18.2 Å². The van der Waals surface area contributed by atoms with Crippen molar-refractivity contribution in [1.29, 1.82) is 0 Å². The molecule has 2 fully saturated rings. The molecule has 0 aliphatic carbocycles. The van der Waals surface area contributed by atoms with E-state index >= 15 is 0 Å². The van der Waals surface area contributed by atoms with E-state index in [9.17, 15) is 4.79 Å². The summed E-state index contributed by atoms with van der Waals surface area (Å²) in [6, 6.07) is 6.80. The van der Waals surface area contributed by atoms with Gasteiger partial charge in [0.2, 0.25) is 5.91 Å². The van der Waals surface area contributed by atoms with E-state index in [1.807, 2.05) is 0 Å². The molecule has 1 unspecified atom stereocenters. The van der Waals surface area contributed by atoms with Gasteiger partial charge in [-0.05, 0) is 69.3 Å². The van der Waals surface area contributed by atoms with E-state index in [2.05, 4.69) is 42.3 Å². The molecule has 0 spiro atoms. The van der Waals surface area contributed by atoms with Gasteiger partial charge in [0, 0.05) is 12.5 Å². The highest BCUT2D eigenvalue weighted by molar-refractivity contribution is 5.85. The van der Waals surface area contributed by atoms with Gasteiger partial charge in [-0.2, -0.15) is 0 Å². The van der Waals surface area contributed by atoms with Crippen LogP contribution in [0.5, 0.6) is 0 Å². The minimum absolute atomic E-state index is 0. The summed E-state index contributed by atoms with van der Waals surface area (Å²) in [5.41, 5.74) is 4.04. The Morgan fingerprint density at radius 2 is 1.91 bits per heavy atom. The molecule has 2 saturated heterocycles. The van der Waals surface area contributed by atoms with Crippen molar-refractivity contribution in [3.8, 4) is 0 Å². The second kappa shape index (κ2) is 7.47. The van der Waals surface area contributed by atoms with Crippen LogP contribution in [0.15, 0.2) is 18.2 Å². The molecule has 2 aliphatic rings. The predicted molar refractivity (Wildman–Crippen MR) is 92.4 cm³/mol. The number of nitrogens with zero attached hydrogens (tertiary/aromatic N) is 1. The third-order valence-electron chi connectivity index (χ3n) is 5.23. The minimum atomic E-state index is 0. The second-order valence-corrected chi connectivity index (χ2v) is 6.50. The van der Waals surface area contributed by atoms with Crippen molar-refractivity contribution >= 4 is 18.3 Å². The summed E-state index contributed by atoms with van der Waals surface area (Å²) in [6.45, 7) is 7.25. The van der Waals surface area contributed by atoms with Gasteiger partial charge in [-0.15, -0.1) is 12.4 Å². The largest absolute Gasteiger partial charge is 0.335 e. The van der Waals surface area contributed by atoms with Gasteiger partial charge in [-0.25, -0.2) is 0 Å². The van der Waals surface area contributed by atoms with E-state index < -0.39 is 0 Å². The molecule has 0 radical (unpaired) electrons. The molecule has 22 heavy (non-hydrogen) atoms. The number of hydrogen-bond donors (Lipinski definition) is 1. The lowest BCUT2D eigenvalue weighted by Gasteiger charge is -2.32. The average Bonchev–Trinajstić information content (AvgIpc) is 2.99. The van der Waals surface area contributed by atoms with Crippen molar-refractivity contribution in [2.24, 2.45) is 5.92 Å². The lowest BCUT2D eigenvalue weighted by molar-refractivity contribution is -0.137. The number of nitrogens with one attached hydrogen (secondary N) is 1. The summed E-state index contributed by atoms with van der Waals surface area (Å²) in [5, 5.41) is 3.35. The number of amides is 1. The molecule has 1 aromatic rings. The Morgan fingerprint density at radius 1 is 1.18 bits per heavy atom. The van der Waals surface area contributed by atoms with E-state index in [-0.39, 0.29) is 18.3 Å². The molecule has 2 aliphatic heterocycles. The zero-order chi connectivity index (χ0) is 14.8. The number of carbonyl (C=O) groups is 1. The molecule has 0 bridgehead atoms. The van der Waals surface area contributed by atoms with Crippen LogP contribution in [0, 0.1) is 19.8 Å². The van der Waals surface area contributed by atoms with Crippen LogP contribution < -0.4 is 5.32 Å². The molecule has 1 atom stereocenters. The Balaban J connectivity index is 0.00000176. The number of halogens is 1. The maximum Gasteiger partial charge on any atom is 0.226 e. The first kappa shape index (κ1) is 17.3. The van der Waals surface area contributed by atoms with Crippen LogP contribution in [0.1, 0.15) is 48.4 Å². The second-order valence-electron chi connectivity index (χ2n) is 6.50. The normalized spacial score (nSPS) is 22.5. The Hall–Kier alpha value is -1.06. The Kier molecular flexibility index (Phi) is 5.87. The molecule has 3 rings (SSSR count). The standard InChI is InChI=1S/C18H26N2O.ClH/c1-13-5-3-6-16(14(13)2)17-7-4-12-20(17)18(21)15-8-10-19-11-9-15;/h3,5-6,15,17,19H,4,7-12H2,1-2H3;1H. The number of carbonyl (C=O) groups excluding carboxylic acids is 1. The predicted octanol–water partition coefficient (Wildman–Crippen LogP) is 3.39. The molecular weight excluding hydrogens is 296 g/mol. The highest BCUT2D eigenvalue weighted by Crippen LogP contribution is 2.36. The number of hydrogen-bond acceptors (Lipinski definition) is 2. The number of aryl methyl sites for hydroxylation is 1. The summed E-state index contributed by atoms with van der Waals surface area (Å²) in [4.78, 5) is 15.0. The molecule has 1 N–H and O–H groups in total. The first-order valence-electron chi connectivity index (χ1n) is 8.26. The van der Waals surface area contributed by atoms with Gasteiger partial charge in [0.05, 0.1) is 6.04 Å². The van der Waals surface area contributed by atoms with Gasteiger partial charge < -0.3 is 10.2 Å². The third-order valence-corrected chi connectivity index (χ3v) is 5.23. The fraction of sp³-hybridized carbons (Fsp3) is 0.611. The molecule has 0 aromatic heterocycles. The lowest BCUT2D eigenvalue weighted by Crippen LogP contribution is -2.40. The number of piperidine rings is 1. The summed E-state index contributed by atoms with van der Waals surface area (Å²) in [7, 11) is 0. The summed E-state index contributed by atoms with van der Waals surface area (Å²) in [5.74, 6) is 0.622. The topological polar surface area (TPSA) is 32.3 Å².